The molecule has 0 fully saturated rings. The third kappa shape index (κ3) is 8.95. The Bertz CT molecular complexity index is 1560. The summed E-state index contributed by atoms with van der Waals surface area (Å²) >= 11 is 10.4. The molecule has 0 heterocycles. The van der Waals surface area contributed by atoms with Crippen LogP contribution in [-0.2, 0) is 18.0 Å². The molecule has 4 rings (SSSR count). The van der Waals surface area contributed by atoms with E-state index < -0.39 is 5.91 Å². The Morgan fingerprint density at radius 3 is 1.98 bits per heavy atom. The summed E-state index contributed by atoms with van der Waals surface area (Å²) in [5.74, 6) is 1.18. The number of nitriles is 1. The van der Waals surface area contributed by atoms with Crippen LogP contribution in [0, 0.1) is 11.3 Å². The topological polar surface area (TPSA) is 80.6 Å². The van der Waals surface area contributed by atoms with Crippen LogP contribution in [0.4, 0.5) is 5.69 Å². The number of ether oxygens (including phenoxy) is 3. The lowest BCUT2D eigenvalue weighted by Gasteiger charge is -2.15. The van der Waals surface area contributed by atoms with Crippen molar-refractivity contribution in [1.82, 2.24) is 0 Å². The van der Waals surface area contributed by atoms with Crippen LogP contribution in [0.5, 0.6) is 17.2 Å². The van der Waals surface area contributed by atoms with Gasteiger partial charge < -0.3 is 19.5 Å². The van der Waals surface area contributed by atoms with Gasteiger partial charge in [-0.3, -0.25) is 4.79 Å². The van der Waals surface area contributed by atoms with Crippen molar-refractivity contribution in [3.05, 3.63) is 121 Å². The van der Waals surface area contributed by atoms with Gasteiger partial charge in [-0.15, -0.1) is 0 Å². The summed E-state index contributed by atoms with van der Waals surface area (Å²) in [4.78, 5) is 12.9. The van der Waals surface area contributed by atoms with Gasteiger partial charge in [-0.05, 0) is 106 Å². The van der Waals surface area contributed by atoms with Crippen molar-refractivity contribution in [3.8, 4) is 23.3 Å². The number of hydrogen-bond acceptors (Lipinski definition) is 5. The molecule has 0 radical (unpaired) electrons. The average Bonchev–Trinajstić information content (AvgIpc) is 2.97. The third-order valence-corrected chi connectivity index (χ3v) is 7.38. The minimum atomic E-state index is -0.527. The normalized spacial score (nSPS) is 11.0. The molecule has 0 aliphatic heterocycles. The summed E-state index contributed by atoms with van der Waals surface area (Å²) < 4.78 is 20.3. The number of amides is 1. The zero-order valence-electron chi connectivity index (χ0n) is 22.0. The van der Waals surface area contributed by atoms with Gasteiger partial charge in [0.15, 0.2) is 11.5 Å². The first-order valence-corrected chi connectivity index (χ1v) is 15.0. The number of rotatable bonds is 11. The molecule has 4 aromatic rings. The molecule has 0 saturated carbocycles. The summed E-state index contributed by atoms with van der Waals surface area (Å²) in [5.41, 5.74) is 3.13. The SMILES string of the molecule is CCOc1cc(/C=C(\C#N)C(=O)Nc2ccc(OCc3ccc(Br)cc3)cc2)cc(Br)c1OCc1ccc(Br)cc1. The predicted octanol–water partition coefficient (Wildman–Crippen LogP) is 9.08. The van der Waals surface area contributed by atoms with Crippen LogP contribution in [0.25, 0.3) is 6.08 Å². The van der Waals surface area contributed by atoms with Crippen LogP contribution in [0.3, 0.4) is 0 Å². The van der Waals surface area contributed by atoms with Gasteiger partial charge in [0.25, 0.3) is 5.91 Å². The Morgan fingerprint density at radius 1 is 0.829 bits per heavy atom. The predicted molar refractivity (Wildman–Crippen MR) is 171 cm³/mol. The fourth-order valence-corrected chi connectivity index (χ4v) is 4.81. The monoisotopic (exact) mass is 738 g/mol. The van der Waals surface area contributed by atoms with Crippen LogP contribution in [-0.4, -0.2) is 12.5 Å². The van der Waals surface area contributed by atoms with Crippen LogP contribution in [0.2, 0.25) is 0 Å². The fourth-order valence-electron chi connectivity index (χ4n) is 3.71. The molecular formula is C32H25Br3N2O4. The molecule has 208 valence electrons. The van der Waals surface area contributed by atoms with E-state index in [1.165, 1.54) is 6.08 Å². The quantitative estimate of drug-likeness (QED) is 0.123. The molecule has 0 unspecified atom stereocenters. The number of nitrogens with one attached hydrogen (secondary N) is 1. The average molecular weight is 741 g/mol. The molecule has 9 heteroatoms. The van der Waals surface area contributed by atoms with Gasteiger partial charge in [-0.2, -0.15) is 5.26 Å². The molecule has 0 saturated heterocycles. The van der Waals surface area contributed by atoms with E-state index in [0.29, 0.717) is 52.8 Å². The summed E-state index contributed by atoms with van der Waals surface area (Å²) in [6, 6.07) is 28.2. The van der Waals surface area contributed by atoms with Gasteiger partial charge >= 0.3 is 0 Å². The van der Waals surface area contributed by atoms with Crippen molar-refractivity contribution >= 4 is 65.5 Å². The number of nitrogens with zero attached hydrogens (tertiary/aromatic N) is 1. The highest BCUT2D eigenvalue weighted by Gasteiger charge is 2.15. The number of halogens is 3. The molecule has 1 N–H and O–H groups in total. The smallest absolute Gasteiger partial charge is 0.266 e. The lowest BCUT2D eigenvalue weighted by molar-refractivity contribution is -0.112. The molecule has 0 atom stereocenters. The highest BCUT2D eigenvalue weighted by Crippen LogP contribution is 2.38. The Morgan fingerprint density at radius 2 is 1.41 bits per heavy atom. The number of anilines is 1. The van der Waals surface area contributed by atoms with Crippen LogP contribution < -0.4 is 19.5 Å². The number of carbonyl (C=O) groups is 1. The van der Waals surface area contributed by atoms with E-state index in [1.807, 2.05) is 61.5 Å². The van der Waals surface area contributed by atoms with Gasteiger partial charge in [0.1, 0.15) is 30.6 Å². The van der Waals surface area contributed by atoms with Crippen molar-refractivity contribution in [2.45, 2.75) is 20.1 Å². The minimum Gasteiger partial charge on any atom is -0.490 e. The number of carbonyl (C=O) groups excluding carboxylic acids is 1. The summed E-state index contributed by atoms with van der Waals surface area (Å²) in [6.45, 7) is 3.07. The van der Waals surface area contributed by atoms with E-state index in [1.54, 1.807) is 36.4 Å². The first kappa shape index (κ1) is 30.4. The summed E-state index contributed by atoms with van der Waals surface area (Å²) in [6.07, 6.45) is 1.51. The number of hydrogen-bond donors (Lipinski definition) is 1. The molecule has 0 spiro atoms. The Balaban J connectivity index is 1.43. The molecule has 6 nitrogen and oxygen atoms in total. The second-order valence-electron chi connectivity index (χ2n) is 8.74. The van der Waals surface area contributed by atoms with E-state index in [-0.39, 0.29) is 5.57 Å². The van der Waals surface area contributed by atoms with Crippen molar-refractivity contribution in [2.24, 2.45) is 0 Å². The van der Waals surface area contributed by atoms with E-state index in [0.717, 1.165) is 20.1 Å². The molecule has 0 aliphatic carbocycles. The van der Waals surface area contributed by atoms with Crippen molar-refractivity contribution in [3.63, 3.8) is 0 Å². The van der Waals surface area contributed by atoms with Crippen LogP contribution in [0.1, 0.15) is 23.6 Å². The first-order valence-electron chi connectivity index (χ1n) is 12.6. The molecule has 0 aliphatic rings. The highest BCUT2D eigenvalue weighted by molar-refractivity contribution is 9.11. The van der Waals surface area contributed by atoms with Gasteiger partial charge in [0, 0.05) is 14.6 Å². The fraction of sp³-hybridized carbons (Fsp3) is 0.125. The van der Waals surface area contributed by atoms with E-state index in [9.17, 15) is 10.1 Å². The maximum atomic E-state index is 12.9. The van der Waals surface area contributed by atoms with Gasteiger partial charge in [-0.25, -0.2) is 0 Å². The first-order chi connectivity index (χ1) is 19.8. The third-order valence-electron chi connectivity index (χ3n) is 5.74. The van der Waals surface area contributed by atoms with Gasteiger partial charge in [0.05, 0.1) is 11.1 Å². The lowest BCUT2D eigenvalue weighted by atomic mass is 10.1. The van der Waals surface area contributed by atoms with Crippen LogP contribution >= 0.6 is 47.8 Å². The maximum absolute atomic E-state index is 12.9. The maximum Gasteiger partial charge on any atom is 0.266 e. The molecular weight excluding hydrogens is 716 g/mol. The zero-order chi connectivity index (χ0) is 29.2. The molecule has 0 bridgehead atoms. The number of benzene rings is 4. The highest BCUT2D eigenvalue weighted by atomic mass is 79.9. The zero-order valence-corrected chi connectivity index (χ0v) is 26.8. The summed E-state index contributed by atoms with van der Waals surface area (Å²) in [7, 11) is 0. The molecule has 4 aromatic carbocycles. The Kier molecular flexibility index (Phi) is 11.0. The van der Waals surface area contributed by atoms with E-state index in [2.05, 4.69) is 53.1 Å². The largest absolute Gasteiger partial charge is 0.490 e. The van der Waals surface area contributed by atoms with E-state index >= 15 is 0 Å². The van der Waals surface area contributed by atoms with Crippen molar-refractivity contribution < 1.29 is 19.0 Å². The van der Waals surface area contributed by atoms with Crippen LogP contribution in [0.15, 0.2) is 104 Å². The Hall–Kier alpha value is -3.58. The second-order valence-corrected chi connectivity index (χ2v) is 11.4. The second kappa shape index (κ2) is 14.9. The van der Waals surface area contributed by atoms with Gasteiger partial charge in [-0.1, -0.05) is 56.1 Å². The lowest BCUT2D eigenvalue weighted by Crippen LogP contribution is -2.13. The molecule has 41 heavy (non-hydrogen) atoms. The van der Waals surface area contributed by atoms with Crippen molar-refractivity contribution in [2.75, 3.05) is 11.9 Å². The van der Waals surface area contributed by atoms with Gasteiger partial charge in [0.2, 0.25) is 0 Å². The summed E-state index contributed by atoms with van der Waals surface area (Å²) in [5, 5.41) is 12.5. The molecule has 0 aromatic heterocycles. The molecule has 1 amide bonds. The minimum absolute atomic E-state index is 0.0570. The van der Waals surface area contributed by atoms with E-state index in [4.69, 9.17) is 14.2 Å². The van der Waals surface area contributed by atoms with Crippen molar-refractivity contribution in [1.29, 1.82) is 5.26 Å². The standard InChI is InChI=1S/C32H25Br3N2O4/c1-2-39-30-17-23(16-29(35)31(30)41-20-22-5-9-26(34)10-6-22)15-24(18-36)32(38)37-27-11-13-28(14-12-27)40-19-21-3-7-25(33)8-4-21/h3-17H,2,19-20H2,1H3,(H,37,38)/b24-15+. The Labute approximate surface area is 264 Å².